The van der Waals surface area contributed by atoms with Gasteiger partial charge in [-0.05, 0) is 59.3 Å². The molecule has 2 N–H and O–H groups in total. The predicted molar refractivity (Wildman–Crippen MR) is 88.6 cm³/mol. The maximum absolute atomic E-state index is 10.0. The summed E-state index contributed by atoms with van der Waals surface area (Å²) in [5.41, 5.74) is 4.57. The number of halogens is 1. The molecule has 0 aliphatic carbocycles. The second-order valence-electron chi connectivity index (χ2n) is 4.67. The lowest BCUT2D eigenvalue weighted by atomic mass is 10.1. The SMILES string of the molecule is Cc1ccc(-c2cc(-c3ccccc3I)[nH]n2)c(O)c1. The molecule has 0 bridgehead atoms. The van der Waals surface area contributed by atoms with E-state index in [1.54, 1.807) is 6.07 Å². The molecule has 0 unspecified atom stereocenters. The summed E-state index contributed by atoms with van der Waals surface area (Å²) in [4.78, 5) is 0. The number of hydrogen-bond donors (Lipinski definition) is 2. The van der Waals surface area contributed by atoms with E-state index in [0.29, 0.717) is 0 Å². The van der Waals surface area contributed by atoms with E-state index in [2.05, 4.69) is 38.9 Å². The zero-order chi connectivity index (χ0) is 14.1. The molecule has 2 aromatic carbocycles. The van der Waals surface area contributed by atoms with Gasteiger partial charge in [0.1, 0.15) is 5.75 Å². The lowest BCUT2D eigenvalue weighted by molar-refractivity contribution is 0.476. The molecule has 4 heteroatoms. The van der Waals surface area contributed by atoms with Crippen molar-refractivity contribution in [2.24, 2.45) is 0 Å². The average Bonchev–Trinajstić information content (AvgIpc) is 2.88. The number of H-pyrrole nitrogens is 1. The number of benzene rings is 2. The summed E-state index contributed by atoms with van der Waals surface area (Å²) in [5, 5.41) is 17.4. The number of aromatic hydroxyl groups is 1. The third kappa shape index (κ3) is 2.43. The summed E-state index contributed by atoms with van der Waals surface area (Å²) in [5.74, 6) is 0.255. The Morgan fingerprint density at radius 3 is 2.60 bits per heavy atom. The molecule has 0 amide bonds. The molecule has 3 aromatic rings. The minimum Gasteiger partial charge on any atom is -0.507 e. The van der Waals surface area contributed by atoms with Crippen molar-refractivity contribution in [2.45, 2.75) is 6.92 Å². The van der Waals surface area contributed by atoms with Gasteiger partial charge in [0.2, 0.25) is 0 Å². The Morgan fingerprint density at radius 2 is 1.85 bits per heavy atom. The maximum Gasteiger partial charge on any atom is 0.125 e. The van der Waals surface area contributed by atoms with Crippen LogP contribution in [0.3, 0.4) is 0 Å². The van der Waals surface area contributed by atoms with Crippen molar-refractivity contribution in [3.63, 3.8) is 0 Å². The Kier molecular flexibility index (Phi) is 3.48. The van der Waals surface area contributed by atoms with Crippen molar-refractivity contribution < 1.29 is 5.11 Å². The molecule has 0 atom stereocenters. The highest BCUT2D eigenvalue weighted by Gasteiger charge is 2.11. The lowest BCUT2D eigenvalue weighted by Gasteiger charge is -2.02. The van der Waals surface area contributed by atoms with Crippen LogP contribution in [0.1, 0.15) is 5.56 Å². The van der Waals surface area contributed by atoms with Crippen LogP contribution in [0.25, 0.3) is 22.5 Å². The van der Waals surface area contributed by atoms with Crippen LogP contribution in [0.4, 0.5) is 0 Å². The van der Waals surface area contributed by atoms with Crippen LogP contribution in [0.5, 0.6) is 5.75 Å². The van der Waals surface area contributed by atoms with E-state index >= 15 is 0 Å². The van der Waals surface area contributed by atoms with Crippen molar-refractivity contribution in [3.05, 3.63) is 57.7 Å². The highest BCUT2D eigenvalue weighted by Crippen LogP contribution is 2.31. The summed E-state index contributed by atoms with van der Waals surface area (Å²) in [7, 11) is 0. The second kappa shape index (κ2) is 5.28. The van der Waals surface area contributed by atoms with E-state index in [1.807, 2.05) is 43.3 Å². The van der Waals surface area contributed by atoms with Gasteiger partial charge in [0.25, 0.3) is 0 Å². The molecule has 0 aliphatic rings. The molecule has 0 saturated heterocycles. The van der Waals surface area contributed by atoms with Crippen molar-refractivity contribution in [2.75, 3.05) is 0 Å². The predicted octanol–water partition coefficient (Wildman–Crippen LogP) is 4.36. The van der Waals surface area contributed by atoms with Gasteiger partial charge in [-0.25, -0.2) is 0 Å². The fourth-order valence-electron chi connectivity index (χ4n) is 2.14. The first-order valence-corrected chi connectivity index (χ1v) is 7.33. The molecule has 1 aromatic heterocycles. The number of aromatic amines is 1. The molecule has 3 rings (SSSR count). The van der Waals surface area contributed by atoms with E-state index in [1.165, 1.54) is 0 Å². The van der Waals surface area contributed by atoms with Gasteiger partial charge in [-0.15, -0.1) is 0 Å². The molecule has 0 aliphatic heterocycles. The van der Waals surface area contributed by atoms with E-state index in [-0.39, 0.29) is 5.75 Å². The summed E-state index contributed by atoms with van der Waals surface area (Å²) in [6.07, 6.45) is 0. The Bertz CT molecular complexity index is 765. The van der Waals surface area contributed by atoms with Gasteiger partial charge in [-0.2, -0.15) is 5.10 Å². The Hall–Kier alpha value is -1.82. The lowest BCUT2D eigenvalue weighted by Crippen LogP contribution is -1.81. The first kappa shape index (κ1) is 13.2. The van der Waals surface area contributed by atoms with Crippen molar-refractivity contribution >= 4 is 22.6 Å². The first-order valence-electron chi connectivity index (χ1n) is 6.25. The molecular formula is C16H13IN2O. The van der Waals surface area contributed by atoms with Gasteiger partial charge in [0, 0.05) is 14.7 Å². The number of phenols is 1. The Labute approximate surface area is 130 Å². The first-order chi connectivity index (χ1) is 9.65. The average molecular weight is 376 g/mol. The number of hydrogen-bond acceptors (Lipinski definition) is 2. The summed E-state index contributed by atoms with van der Waals surface area (Å²) >= 11 is 2.30. The van der Waals surface area contributed by atoms with Gasteiger partial charge < -0.3 is 5.11 Å². The minimum atomic E-state index is 0.255. The van der Waals surface area contributed by atoms with E-state index < -0.39 is 0 Å². The van der Waals surface area contributed by atoms with Crippen LogP contribution in [0.15, 0.2) is 48.5 Å². The van der Waals surface area contributed by atoms with Gasteiger partial charge in [0.05, 0.1) is 11.4 Å². The Balaban J connectivity index is 2.04. The molecule has 100 valence electrons. The van der Waals surface area contributed by atoms with E-state index in [0.717, 1.165) is 31.6 Å². The monoisotopic (exact) mass is 376 g/mol. The summed E-state index contributed by atoms with van der Waals surface area (Å²) in [6.45, 7) is 1.95. The topological polar surface area (TPSA) is 48.9 Å². The number of nitrogens with zero attached hydrogens (tertiary/aromatic N) is 1. The summed E-state index contributed by atoms with van der Waals surface area (Å²) in [6, 6.07) is 15.7. The number of rotatable bonds is 2. The Morgan fingerprint density at radius 1 is 1.05 bits per heavy atom. The van der Waals surface area contributed by atoms with Crippen LogP contribution in [0.2, 0.25) is 0 Å². The molecule has 0 spiro atoms. The van der Waals surface area contributed by atoms with Gasteiger partial charge >= 0.3 is 0 Å². The standard InChI is InChI=1S/C16H13IN2O/c1-10-6-7-12(16(20)8-10)15-9-14(18-19-15)11-4-2-3-5-13(11)17/h2-9,20H,1H3,(H,18,19). The van der Waals surface area contributed by atoms with Gasteiger partial charge in [-0.1, -0.05) is 24.3 Å². The maximum atomic E-state index is 10.0. The van der Waals surface area contributed by atoms with E-state index in [4.69, 9.17) is 0 Å². The number of nitrogens with one attached hydrogen (secondary N) is 1. The van der Waals surface area contributed by atoms with Crippen molar-refractivity contribution in [1.29, 1.82) is 0 Å². The number of aromatic nitrogens is 2. The highest BCUT2D eigenvalue weighted by atomic mass is 127. The van der Waals surface area contributed by atoms with Gasteiger partial charge in [-0.3, -0.25) is 5.10 Å². The van der Waals surface area contributed by atoms with Crippen molar-refractivity contribution in [3.8, 4) is 28.3 Å². The largest absolute Gasteiger partial charge is 0.507 e. The van der Waals surface area contributed by atoms with Gasteiger partial charge in [0.15, 0.2) is 0 Å². The zero-order valence-electron chi connectivity index (χ0n) is 10.9. The zero-order valence-corrected chi connectivity index (χ0v) is 13.0. The van der Waals surface area contributed by atoms with E-state index in [9.17, 15) is 5.11 Å². The number of aryl methyl sites for hydroxylation is 1. The van der Waals surface area contributed by atoms with Crippen LogP contribution >= 0.6 is 22.6 Å². The normalized spacial score (nSPS) is 10.7. The molecule has 0 saturated carbocycles. The third-order valence-corrected chi connectivity index (χ3v) is 4.11. The fraction of sp³-hybridized carbons (Fsp3) is 0.0625. The second-order valence-corrected chi connectivity index (χ2v) is 5.83. The molecule has 0 fully saturated rings. The van der Waals surface area contributed by atoms with Crippen LogP contribution < -0.4 is 0 Å². The fourth-order valence-corrected chi connectivity index (χ4v) is 2.81. The molecule has 20 heavy (non-hydrogen) atoms. The summed E-state index contributed by atoms with van der Waals surface area (Å²) < 4.78 is 1.16. The molecular weight excluding hydrogens is 363 g/mol. The molecule has 1 heterocycles. The highest BCUT2D eigenvalue weighted by molar-refractivity contribution is 14.1. The van der Waals surface area contributed by atoms with Crippen LogP contribution in [-0.2, 0) is 0 Å². The van der Waals surface area contributed by atoms with Crippen molar-refractivity contribution in [1.82, 2.24) is 10.2 Å². The van der Waals surface area contributed by atoms with Crippen LogP contribution in [0, 0.1) is 10.5 Å². The minimum absolute atomic E-state index is 0.255. The quantitative estimate of drug-likeness (QED) is 0.653. The molecule has 0 radical (unpaired) electrons. The number of phenolic OH excluding ortho intramolecular Hbond substituents is 1. The third-order valence-electron chi connectivity index (χ3n) is 3.17. The molecule has 3 nitrogen and oxygen atoms in total. The van der Waals surface area contributed by atoms with Crippen LogP contribution in [-0.4, -0.2) is 15.3 Å². The smallest absolute Gasteiger partial charge is 0.125 e.